The number of anilines is 1. The average Bonchev–Trinajstić information content (AvgIpc) is 2.40. The molecular weight excluding hydrogens is 266 g/mol. The van der Waals surface area contributed by atoms with Gasteiger partial charge in [0, 0.05) is 18.2 Å². The third-order valence-electron chi connectivity index (χ3n) is 2.83. The molecule has 104 valence electrons. The zero-order valence-corrected chi connectivity index (χ0v) is 10.7. The van der Waals surface area contributed by atoms with Gasteiger partial charge in [-0.15, -0.1) is 0 Å². The van der Waals surface area contributed by atoms with Gasteiger partial charge in [0.05, 0.1) is 4.92 Å². The maximum absolute atomic E-state index is 13.5. The van der Waals surface area contributed by atoms with Gasteiger partial charge < -0.3 is 5.32 Å². The molecule has 0 unspecified atom stereocenters. The predicted molar refractivity (Wildman–Crippen MR) is 71.5 cm³/mol. The van der Waals surface area contributed by atoms with Gasteiger partial charge in [-0.25, -0.2) is 8.78 Å². The first-order valence-electron chi connectivity index (χ1n) is 5.90. The molecule has 20 heavy (non-hydrogen) atoms. The van der Waals surface area contributed by atoms with Gasteiger partial charge in [0.2, 0.25) is 0 Å². The summed E-state index contributed by atoms with van der Waals surface area (Å²) in [5.74, 6) is -1.12. The van der Waals surface area contributed by atoms with Crippen LogP contribution in [0.4, 0.5) is 20.2 Å². The molecule has 2 aromatic carbocycles. The largest absolute Gasteiger partial charge is 0.375 e. The van der Waals surface area contributed by atoms with E-state index in [2.05, 4.69) is 5.32 Å². The Morgan fingerprint density at radius 2 is 1.95 bits per heavy atom. The first-order chi connectivity index (χ1) is 9.47. The third kappa shape index (κ3) is 3.09. The highest BCUT2D eigenvalue weighted by Gasteiger charge is 2.14. The van der Waals surface area contributed by atoms with Crippen molar-refractivity contribution in [2.45, 2.75) is 13.5 Å². The molecule has 0 aliphatic carbocycles. The maximum Gasteiger partial charge on any atom is 0.292 e. The number of benzene rings is 2. The van der Waals surface area contributed by atoms with Crippen LogP contribution in [0.15, 0.2) is 36.4 Å². The molecule has 0 aliphatic heterocycles. The molecule has 0 bridgehead atoms. The van der Waals surface area contributed by atoms with Gasteiger partial charge >= 0.3 is 0 Å². The van der Waals surface area contributed by atoms with Crippen LogP contribution in [0.5, 0.6) is 0 Å². The van der Waals surface area contributed by atoms with E-state index in [-0.39, 0.29) is 23.5 Å². The Balaban J connectivity index is 2.23. The van der Waals surface area contributed by atoms with Crippen molar-refractivity contribution in [3.05, 3.63) is 69.3 Å². The number of aryl methyl sites for hydroxylation is 1. The van der Waals surface area contributed by atoms with E-state index in [1.165, 1.54) is 6.07 Å². The van der Waals surface area contributed by atoms with Crippen LogP contribution in [-0.2, 0) is 6.54 Å². The molecule has 0 fully saturated rings. The molecule has 0 atom stereocenters. The Morgan fingerprint density at radius 3 is 2.65 bits per heavy atom. The van der Waals surface area contributed by atoms with E-state index in [9.17, 15) is 18.9 Å². The predicted octanol–water partition coefficient (Wildman–Crippen LogP) is 3.79. The van der Waals surface area contributed by atoms with Gasteiger partial charge in [0.25, 0.3) is 5.69 Å². The van der Waals surface area contributed by atoms with Crippen LogP contribution in [0, 0.1) is 28.7 Å². The lowest BCUT2D eigenvalue weighted by Crippen LogP contribution is -2.05. The molecule has 2 aromatic rings. The average molecular weight is 278 g/mol. The number of nitro benzene ring substituents is 1. The second-order valence-corrected chi connectivity index (χ2v) is 4.37. The monoisotopic (exact) mass is 278 g/mol. The van der Waals surface area contributed by atoms with Crippen molar-refractivity contribution in [3.8, 4) is 0 Å². The summed E-state index contributed by atoms with van der Waals surface area (Å²) in [5.41, 5.74) is 1.03. The zero-order chi connectivity index (χ0) is 14.7. The van der Waals surface area contributed by atoms with Crippen molar-refractivity contribution >= 4 is 11.4 Å². The number of nitrogens with one attached hydrogen (secondary N) is 1. The van der Waals surface area contributed by atoms with E-state index in [0.717, 1.165) is 23.8 Å². The lowest BCUT2D eigenvalue weighted by atomic mass is 10.1. The minimum absolute atomic E-state index is 0.0342. The van der Waals surface area contributed by atoms with Gasteiger partial charge in [-0.2, -0.15) is 0 Å². The summed E-state index contributed by atoms with van der Waals surface area (Å²) in [6.07, 6.45) is 0. The standard InChI is InChI=1S/C14H12F2N2O2/c1-9-2-5-13(14(6-9)18(19)20)17-8-10-7-11(15)3-4-12(10)16/h2-7,17H,8H2,1H3. The summed E-state index contributed by atoms with van der Waals surface area (Å²) in [4.78, 5) is 10.4. The van der Waals surface area contributed by atoms with Gasteiger partial charge in [0.15, 0.2) is 0 Å². The molecule has 1 N–H and O–H groups in total. The van der Waals surface area contributed by atoms with Crippen LogP contribution in [0.3, 0.4) is 0 Å². The Kier molecular flexibility index (Phi) is 3.93. The van der Waals surface area contributed by atoms with Crippen molar-refractivity contribution in [2.24, 2.45) is 0 Å². The van der Waals surface area contributed by atoms with Gasteiger partial charge in [-0.05, 0) is 36.8 Å². The Bertz CT molecular complexity index is 660. The highest BCUT2D eigenvalue weighted by Crippen LogP contribution is 2.26. The van der Waals surface area contributed by atoms with Crippen molar-refractivity contribution in [3.63, 3.8) is 0 Å². The number of hydrogen-bond donors (Lipinski definition) is 1. The zero-order valence-electron chi connectivity index (χ0n) is 10.7. The maximum atomic E-state index is 13.5. The van der Waals surface area contributed by atoms with E-state index in [1.54, 1.807) is 19.1 Å². The fourth-order valence-electron chi connectivity index (χ4n) is 1.81. The highest BCUT2D eigenvalue weighted by molar-refractivity contribution is 5.62. The second kappa shape index (κ2) is 5.64. The lowest BCUT2D eigenvalue weighted by molar-refractivity contribution is -0.384. The minimum atomic E-state index is -0.561. The summed E-state index contributed by atoms with van der Waals surface area (Å²) < 4.78 is 26.5. The summed E-state index contributed by atoms with van der Waals surface area (Å²) in [6.45, 7) is 1.70. The molecule has 0 saturated heterocycles. The van der Waals surface area contributed by atoms with E-state index in [4.69, 9.17) is 0 Å². The van der Waals surface area contributed by atoms with Gasteiger partial charge in [0.1, 0.15) is 17.3 Å². The van der Waals surface area contributed by atoms with Gasteiger partial charge in [-0.3, -0.25) is 10.1 Å². The van der Waals surface area contributed by atoms with Crippen LogP contribution >= 0.6 is 0 Å². The van der Waals surface area contributed by atoms with Crippen LogP contribution in [-0.4, -0.2) is 4.92 Å². The van der Waals surface area contributed by atoms with E-state index in [1.807, 2.05) is 0 Å². The molecule has 6 heteroatoms. The van der Waals surface area contributed by atoms with Crippen molar-refractivity contribution in [1.29, 1.82) is 0 Å². The van der Waals surface area contributed by atoms with Crippen molar-refractivity contribution in [1.82, 2.24) is 0 Å². The van der Waals surface area contributed by atoms with E-state index in [0.29, 0.717) is 0 Å². The Morgan fingerprint density at radius 1 is 1.20 bits per heavy atom. The summed E-state index contributed by atoms with van der Waals surface area (Å²) in [7, 11) is 0. The molecule has 0 aliphatic rings. The topological polar surface area (TPSA) is 55.2 Å². The number of halogens is 2. The normalized spacial score (nSPS) is 10.3. The van der Waals surface area contributed by atoms with Crippen LogP contribution < -0.4 is 5.32 Å². The third-order valence-corrected chi connectivity index (χ3v) is 2.83. The summed E-state index contributed by atoms with van der Waals surface area (Å²) >= 11 is 0. The smallest absolute Gasteiger partial charge is 0.292 e. The molecule has 4 nitrogen and oxygen atoms in total. The van der Waals surface area contributed by atoms with Crippen LogP contribution in [0.2, 0.25) is 0 Å². The quantitative estimate of drug-likeness (QED) is 0.683. The van der Waals surface area contributed by atoms with E-state index >= 15 is 0 Å². The van der Waals surface area contributed by atoms with Crippen molar-refractivity contribution in [2.75, 3.05) is 5.32 Å². The molecular formula is C14H12F2N2O2. The summed E-state index contributed by atoms with van der Waals surface area (Å²) in [5, 5.41) is 13.7. The minimum Gasteiger partial charge on any atom is -0.375 e. The highest BCUT2D eigenvalue weighted by atomic mass is 19.1. The van der Waals surface area contributed by atoms with E-state index < -0.39 is 16.6 Å². The molecule has 0 amide bonds. The summed E-state index contributed by atoms with van der Waals surface area (Å²) in [6, 6.07) is 7.78. The molecule has 0 heterocycles. The molecule has 0 spiro atoms. The first-order valence-corrected chi connectivity index (χ1v) is 5.90. The Hall–Kier alpha value is -2.50. The molecule has 0 aromatic heterocycles. The first kappa shape index (κ1) is 13.9. The Labute approximate surface area is 114 Å². The van der Waals surface area contributed by atoms with Gasteiger partial charge in [-0.1, -0.05) is 6.07 Å². The second-order valence-electron chi connectivity index (χ2n) is 4.37. The number of rotatable bonds is 4. The van der Waals surface area contributed by atoms with Crippen LogP contribution in [0.1, 0.15) is 11.1 Å². The molecule has 0 radical (unpaired) electrons. The van der Waals surface area contributed by atoms with Crippen LogP contribution in [0.25, 0.3) is 0 Å². The fraction of sp³-hybridized carbons (Fsp3) is 0.143. The number of nitrogens with zero attached hydrogens (tertiary/aromatic N) is 1. The lowest BCUT2D eigenvalue weighted by Gasteiger charge is -2.08. The number of nitro groups is 1. The molecule has 2 rings (SSSR count). The van der Waals surface area contributed by atoms with Crippen molar-refractivity contribution < 1.29 is 13.7 Å². The number of hydrogen-bond acceptors (Lipinski definition) is 3. The SMILES string of the molecule is Cc1ccc(NCc2cc(F)ccc2F)c([N+](=O)[O-])c1. The fourth-order valence-corrected chi connectivity index (χ4v) is 1.81. The molecule has 0 saturated carbocycles.